The van der Waals surface area contributed by atoms with Crippen LogP contribution in [-0.2, 0) is 13.9 Å². The summed E-state index contributed by atoms with van der Waals surface area (Å²) in [7, 11) is -2.57. The van der Waals surface area contributed by atoms with Crippen LogP contribution in [0.15, 0.2) is 60.7 Å². The minimum Gasteiger partial charge on any atom is -0.405 e. The van der Waals surface area contributed by atoms with E-state index in [2.05, 4.69) is 81.4 Å². The van der Waals surface area contributed by atoms with Crippen molar-refractivity contribution in [1.82, 2.24) is 0 Å². The van der Waals surface area contributed by atoms with Crippen LogP contribution >= 0.6 is 0 Å². The van der Waals surface area contributed by atoms with E-state index in [0.29, 0.717) is 13.0 Å². The van der Waals surface area contributed by atoms with Gasteiger partial charge in [-0.15, -0.1) is 0 Å². The average Bonchev–Trinajstić information content (AvgIpc) is 2.69. The Labute approximate surface area is 176 Å². The van der Waals surface area contributed by atoms with E-state index in [-0.39, 0.29) is 30.1 Å². The summed E-state index contributed by atoms with van der Waals surface area (Å²) in [5, 5.41) is 11.8. The van der Waals surface area contributed by atoms with Crippen LogP contribution in [0.4, 0.5) is 0 Å². The van der Waals surface area contributed by atoms with Crippen LogP contribution in [0.5, 0.6) is 0 Å². The zero-order valence-corrected chi connectivity index (χ0v) is 19.0. The molecular formula is C24H34O4Si. The Morgan fingerprint density at radius 1 is 0.931 bits per heavy atom. The zero-order chi connectivity index (χ0) is 20.9. The quantitative estimate of drug-likeness (QED) is 0.705. The molecule has 1 N–H and O–H groups in total. The van der Waals surface area contributed by atoms with E-state index in [4.69, 9.17) is 13.9 Å². The van der Waals surface area contributed by atoms with Crippen LogP contribution in [0.1, 0.15) is 40.5 Å². The number of aliphatic hydroxyl groups is 1. The van der Waals surface area contributed by atoms with E-state index in [9.17, 15) is 5.11 Å². The second-order valence-electron chi connectivity index (χ2n) is 8.81. The molecule has 0 aliphatic carbocycles. The molecule has 0 aromatic heterocycles. The number of benzene rings is 2. The topological polar surface area (TPSA) is 47.9 Å². The highest BCUT2D eigenvalue weighted by atomic mass is 28.4. The summed E-state index contributed by atoms with van der Waals surface area (Å²) < 4.78 is 18.8. The van der Waals surface area contributed by atoms with Crippen LogP contribution in [0, 0.1) is 0 Å². The largest absolute Gasteiger partial charge is 0.405 e. The summed E-state index contributed by atoms with van der Waals surface area (Å²) in [5.74, 6) is 0. The smallest absolute Gasteiger partial charge is 0.261 e. The molecule has 1 aliphatic heterocycles. The Bertz CT molecular complexity index is 705. The second kappa shape index (κ2) is 9.54. The second-order valence-corrected chi connectivity index (χ2v) is 13.1. The molecule has 1 fully saturated rings. The van der Waals surface area contributed by atoms with Gasteiger partial charge in [0.05, 0.1) is 18.8 Å². The molecule has 29 heavy (non-hydrogen) atoms. The van der Waals surface area contributed by atoms with E-state index in [1.54, 1.807) is 0 Å². The van der Waals surface area contributed by atoms with Crippen LogP contribution in [-0.4, -0.2) is 45.1 Å². The lowest BCUT2D eigenvalue weighted by molar-refractivity contribution is -0.241. The summed E-state index contributed by atoms with van der Waals surface area (Å²) in [6.07, 6.45) is 1.05. The lowest BCUT2D eigenvalue weighted by Crippen LogP contribution is -2.67. The van der Waals surface area contributed by atoms with E-state index in [1.165, 1.54) is 10.4 Å². The van der Waals surface area contributed by atoms with Gasteiger partial charge in [-0.2, -0.15) is 0 Å². The molecular weight excluding hydrogens is 380 g/mol. The first-order valence-corrected chi connectivity index (χ1v) is 12.4. The van der Waals surface area contributed by atoms with E-state index in [0.717, 1.165) is 6.42 Å². The van der Waals surface area contributed by atoms with Crippen molar-refractivity contribution in [1.29, 1.82) is 0 Å². The lowest BCUT2D eigenvalue weighted by atomic mass is 10.1. The average molecular weight is 415 g/mol. The van der Waals surface area contributed by atoms with Gasteiger partial charge in [0.15, 0.2) is 6.29 Å². The third-order valence-electron chi connectivity index (χ3n) is 5.65. The molecule has 2 aromatic rings. The number of hydrogen-bond acceptors (Lipinski definition) is 4. The predicted octanol–water partition coefficient (Wildman–Crippen LogP) is 3.47. The first kappa shape index (κ1) is 22.2. The van der Waals surface area contributed by atoms with Gasteiger partial charge in [-0.25, -0.2) is 0 Å². The third-order valence-corrected chi connectivity index (χ3v) is 10.7. The minimum absolute atomic E-state index is 0.0107. The van der Waals surface area contributed by atoms with Crippen LogP contribution in [0.25, 0.3) is 0 Å². The SMILES string of the molecule is C[C@@H]1O[C@H](CO[Si](c2ccccc2)(c2ccccc2)C(C)(C)C)C[C@H](CCO)O1. The van der Waals surface area contributed by atoms with Crippen molar-refractivity contribution in [2.24, 2.45) is 0 Å². The molecule has 1 heterocycles. The molecule has 0 radical (unpaired) electrons. The molecule has 2 aromatic carbocycles. The monoisotopic (exact) mass is 414 g/mol. The van der Waals surface area contributed by atoms with Crippen molar-refractivity contribution < 1.29 is 19.0 Å². The van der Waals surface area contributed by atoms with Gasteiger partial charge in [0.1, 0.15) is 0 Å². The summed E-state index contributed by atoms with van der Waals surface area (Å²) in [6, 6.07) is 21.3. The van der Waals surface area contributed by atoms with Gasteiger partial charge in [-0.3, -0.25) is 0 Å². The minimum atomic E-state index is -2.57. The van der Waals surface area contributed by atoms with Gasteiger partial charge < -0.3 is 19.0 Å². The highest BCUT2D eigenvalue weighted by Crippen LogP contribution is 2.37. The van der Waals surface area contributed by atoms with Crippen LogP contribution < -0.4 is 10.4 Å². The fraction of sp³-hybridized carbons (Fsp3) is 0.500. The van der Waals surface area contributed by atoms with Crippen molar-refractivity contribution in [3.8, 4) is 0 Å². The Morgan fingerprint density at radius 2 is 1.45 bits per heavy atom. The molecule has 3 atom stereocenters. The normalized spacial score (nSPS) is 23.1. The maximum Gasteiger partial charge on any atom is 0.261 e. The van der Waals surface area contributed by atoms with Gasteiger partial charge in [0.25, 0.3) is 8.32 Å². The molecule has 158 valence electrons. The van der Waals surface area contributed by atoms with Gasteiger partial charge in [-0.05, 0) is 28.8 Å². The molecule has 1 saturated heterocycles. The summed E-state index contributed by atoms with van der Waals surface area (Å²) in [4.78, 5) is 0. The first-order valence-electron chi connectivity index (χ1n) is 10.5. The Hall–Kier alpha value is -1.50. The van der Waals surface area contributed by atoms with Crippen molar-refractivity contribution in [2.45, 2.75) is 64.1 Å². The highest BCUT2D eigenvalue weighted by molar-refractivity contribution is 6.99. The molecule has 0 amide bonds. The zero-order valence-electron chi connectivity index (χ0n) is 18.0. The van der Waals surface area contributed by atoms with Crippen LogP contribution in [0.2, 0.25) is 5.04 Å². The number of rotatable bonds is 7. The highest BCUT2D eigenvalue weighted by Gasteiger charge is 2.50. The predicted molar refractivity (Wildman–Crippen MR) is 119 cm³/mol. The van der Waals surface area contributed by atoms with Crippen molar-refractivity contribution in [2.75, 3.05) is 13.2 Å². The van der Waals surface area contributed by atoms with Crippen molar-refractivity contribution in [3.63, 3.8) is 0 Å². The molecule has 0 bridgehead atoms. The van der Waals surface area contributed by atoms with E-state index >= 15 is 0 Å². The van der Waals surface area contributed by atoms with Crippen molar-refractivity contribution >= 4 is 18.7 Å². The Balaban J connectivity index is 1.94. The Kier molecular flexibility index (Phi) is 7.30. The molecule has 0 saturated carbocycles. The lowest BCUT2D eigenvalue weighted by Gasteiger charge is -2.44. The number of aliphatic hydroxyl groups excluding tert-OH is 1. The van der Waals surface area contributed by atoms with Gasteiger partial charge in [0, 0.05) is 13.0 Å². The maximum atomic E-state index is 9.31. The van der Waals surface area contributed by atoms with Gasteiger partial charge >= 0.3 is 0 Å². The van der Waals surface area contributed by atoms with E-state index < -0.39 is 8.32 Å². The van der Waals surface area contributed by atoms with E-state index in [1.807, 2.05) is 6.92 Å². The number of ether oxygens (including phenoxy) is 2. The Morgan fingerprint density at radius 3 is 1.93 bits per heavy atom. The molecule has 1 aliphatic rings. The maximum absolute atomic E-state index is 9.31. The van der Waals surface area contributed by atoms with Crippen LogP contribution in [0.3, 0.4) is 0 Å². The molecule has 3 rings (SSSR count). The molecule has 0 spiro atoms. The molecule has 4 nitrogen and oxygen atoms in total. The molecule has 0 unspecified atom stereocenters. The van der Waals surface area contributed by atoms with Gasteiger partial charge in [-0.1, -0.05) is 81.4 Å². The standard InChI is InChI=1S/C24H34O4Si/c1-19-27-20(15-16-25)17-21(28-19)18-26-29(24(2,3)4,22-11-7-5-8-12-22)23-13-9-6-10-14-23/h5-14,19-21,25H,15-18H2,1-4H3/t19-,20-,21-/m0/s1. The first-order chi connectivity index (χ1) is 13.9. The third kappa shape index (κ3) is 4.98. The summed E-state index contributed by atoms with van der Waals surface area (Å²) in [5.41, 5.74) is 0. The summed E-state index contributed by atoms with van der Waals surface area (Å²) >= 11 is 0. The number of hydrogen-bond donors (Lipinski definition) is 1. The molecule has 5 heteroatoms. The van der Waals surface area contributed by atoms with Gasteiger partial charge in [0.2, 0.25) is 0 Å². The van der Waals surface area contributed by atoms with Crippen molar-refractivity contribution in [3.05, 3.63) is 60.7 Å². The fourth-order valence-corrected chi connectivity index (χ4v) is 8.99. The summed E-state index contributed by atoms with van der Waals surface area (Å²) in [6.45, 7) is 9.39. The fourth-order valence-electron chi connectivity index (χ4n) is 4.40.